The van der Waals surface area contributed by atoms with Gasteiger partial charge in [-0.15, -0.1) is 24.8 Å². The zero-order chi connectivity index (χ0) is 27.5. The van der Waals surface area contributed by atoms with E-state index in [1.54, 1.807) is 12.1 Å². The number of aryl methyl sites for hydroxylation is 1. The topological polar surface area (TPSA) is 58.8 Å². The minimum atomic E-state index is -1.25. The quantitative estimate of drug-likeness (QED) is 0.289. The fourth-order valence-corrected chi connectivity index (χ4v) is 5.74. The second-order valence-electron chi connectivity index (χ2n) is 10.7. The van der Waals surface area contributed by atoms with Gasteiger partial charge in [-0.1, -0.05) is 18.2 Å². The molecule has 1 unspecified atom stereocenters. The summed E-state index contributed by atoms with van der Waals surface area (Å²) in [5.41, 5.74) is 10.5. The zero-order valence-electron chi connectivity index (χ0n) is 23.0. The number of carbonyl (C=O) groups is 1. The number of amides is 1. The molecule has 3 aromatic rings. The number of rotatable bonds is 7. The number of piperidine rings is 2. The Morgan fingerprint density at radius 2 is 1.59 bits per heavy atom. The number of hydrogen-bond acceptors (Lipinski definition) is 4. The summed E-state index contributed by atoms with van der Waals surface area (Å²) in [4.78, 5) is 16.4. The molecule has 2 N–H and O–H groups in total. The van der Waals surface area contributed by atoms with Crippen LogP contribution >= 0.6 is 24.8 Å². The van der Waals surface area contributed by atoms with E-state index >= 15 is 0 Å². The second-order valence-corrected chi connectivity index (χ2v) is 10.7. The van der Waals surface area contributed by atoms with Gasteiger partial charge in [0.15, 0.2) is 23.2 Å². The van der Waals surface area contributed by atoms with Crippen LogP contribution in [0.5, 0.6) is 11.5 Å². The molecule has 222 valence electrons. The first-order valence-corrected chi connectivity index (χ1v) is 13.6. The van der Waals surface area contributed by atoms with Crippen LogP contribution in [0.1, 0.15) is 48.3 Å². The summed E-state index contributed by atoms with van der Waals surface area (Å²) < 4.78 is 45.9. The first-order chi connectivity index (χ1) is 18.8. The van der Waals surface area contributed by atoms with E-state index in [-0.39, 0.29) is 42.4 Å². The van der Waals surface area contributed by atoms with Gasteiger partial charge in [0.25, 0.3) is 0 Å². The molecular weight excluding hydrogens is 574 g/mol. The van der Waals surface area contributed by atoms with E-state index in [1.165, 1.54) is 16.8 Å². The Balaban J connectivity index is 0.00000231. The number of halogens is 5. The van der Waals surface area contributed by atoms with Gasteiger partial charge in [0.1, 0.15) is 5.75 Å². The highest BCUT2D eigenvalue weighted by Crippen LogP contribution is 2.35. The Morgan fingerprint density at radius 1 is 0.902 bits per heavy atom. The van der Waals surface area contributed by atoms with E-state index in [9.17, 15) is 18.0 Å². The van der Waals surface area contributed by atoms with Crippen molar-refractivity contribution in [1.29, 1.82) is 0 Å². The third kappa shape index (κ3) is 7.87. The molecule has 2 saturated heterocycles. The van der Waals surface area contributed by atoms with Gasteiger partial charge < -0.3 is 15.4 Å². The maximum atomic E-state index is 13.9. The Bertz CT molecular complexity index is 1330. The van der Waals surface area contributed by atoms with Gasteiger partial charge >= 0.3 is 0 Å². The molecule has 2 aliphatic heterocycles. The summed E-state index contributed by atoms with van der Waals surface area (Å²) in [5, 5.41) is 0. The lowest BCUT2D eigenvalue weighted by atomic mass is 9.86. The Kier molecular flexibility index (Phi) is 11.4. The van der Waals surface area contributed by atoms with Crippen LogP contribution in [0, 0.1) is 30.3 Å². The Labute approximate surface area is 251 Å². The molecule has 0 aliphatic carbocycles. The number of carbonyl (C=O) groups excluding carboxylic acids is 1. The predicted molar refractivity (Wildman–Crippen MR) is 160 cm³/mol. The van der Waals surface area contributed by atoms with Crippen molar-refractivity contribution in [3.8, 4) is 11.5 Å². The average molecular weight is 611 g/mol. The van der Waals surface area contributed by atoms with Crippen LogP contribution in [-0.4, -0.2) is 37.0 Å². The highest BCUT2D eigenvalue weighted by atomic mass is 35.5. The SMILES string of the molecule is Cc1ccc(N2CCCC(C(N)=O)C2)cc1C1CCN(Cc2ccc(Oc3cc(F)c(F)cc3F)cc2)CC1.Cl.Cl. The smallest absolute Gasteiger partial charge is 0.222 e. The van der Waals surface area contributed by atoms with Gasteiger partial charge in [0, 0.05) is 37.5 Å². The van der Waals surface area contributed by atoms with Crippen LogP contribution in [0.2, 0.25) is 0 Å². The molecule has 0 radical (unpaired) electrons. The van der Waals surface area contributed by atoms with Crippen LogP contribution in [-0.2, 0) is 11.3 Å². The number of likely N-dealkylation sites (tertiary alicyclic amines) is 1. The second kappa shape index (κ2) is 14.3. The molecular formula is C31H36Cl2F3N3O2. The highest BCUT2D eigenvalue weighted by molar-refractivity contribution is 5.85. The number of hydrogen-bond donors (Lipinski definition) is 1. The monoisotopic (exact) mass is 609 g/mol. The molecule has 0 saturated carbocycles. The van der Waals surface area contributed by atoms with Crippen LogP contribution in [0.3, 0.4) is 0 Å². The fraction of sp³-hybridized carbons (Fsp3) is 0.387. The highest BCUT2D eigenvalue weighted by Gasteiger charge is 2.26. The summed E-state index contributed by atoms with van der Waals surface area (Å²) in [7, 11) is 0. The van der Waals surface area contributed by atoms with Crippen molar-refractivity contribution in [2.24, 2.45) is 11.7 Å². The lowest BCUT2D eigenvalue weighted by molar-refractivity contribution is -0.122. The molecule has 2 heterocycles. The number of ether oxygens (including phenoxy) is 1. The molecule has 2 aliphatic rings. The minimum absolute atomic E-state index is 0. The van der Waals surface area contributed by atoms with E-state index < -0.39 is 17.5 Å². The fourth-order valence-electron chi connectivity index (χ4n) is 5.74. The normalized spacial score (nSPS) is 17.9. The molecule has 0 aromatic heterocycles. The number of nitrogens with zero attached hydrogens (tertiary/aromatic N) is 2. The van der Waals surface area contributed by atoms with Crippen molar-refractivity contribution in [1.82, 2.24) is 4.90 Å². The van der Waals surface area contributed by atoms with Gasteiger partial charge in [0.2, 0.25) is 5.91 Å². The minimum Gasteiger partial charge on any atom is -0.454 e. The van der Waals surface area contributed by atoms with Gasteiger partial charge in [-0.3, -0.25) is 9.69 Å². The molecule has 1 atom stereocenters. The number of nitrogens with two attached hydrogens (primary N) is 1. The maximum Gasteiger partial charge on any atom is 0.222 e. The molecule has 5 rings (SSSR count). The lowest BCUT2D eigenvalue weighted by Crippen LogP contribution is -2.41. The van der Waals surface area contributed by atoms with E-state index in [0.717, 1.165) is 57.4 Å². The van der Waals surface area contributed by atoms with Crippen LogP contribution in [0.25, 0.3) is 0 Å². The van der Waals surface area contributed by atoms with Crippen LogP contribution in [0.4, 0.5) is 18.9 Å². The Hall–Kier alpha value is -2.94. The van der Waals surface area contributed by atoms with Crippen LogP contribution < -0.4 is 15.4 Å². The molecule has 10 heteroatoms. The average Bonchev–Trinajstić information content (AvgIpc) is 2.93. The first-order valence-electron chi connectivity index (χ1n) is 13.6. The van der Waals surface area contributed by atoms with E-state index in [2.05, 4.69) is 34.9 Å². The summed E-state index contributed by atoms with van der Waals surface area (Å²) >= 11 is 0. The Morgan fingerprint density at radius 3 is 2.27 bits per heavy atom. The largest absolute Gasteiger partial charge is 0.454 e. The van der Waals surface area contributed by atoms with Gasteiger partial charge in [-0.05, 0) is 92.6 Å². The van der Waals surface area contributed by atoms with E-state index in [1.807, 2.05) is 12.1 Å². The maximum absolute atomic E-state index is 13.9. The van der Waals surface area contributed by atoms with Crippen molar-refractivity contribution in [3.05, 3.63) is 88.7 Å². The summed E-state index contributed by atoms with van der Waals surface area (Å²) in [5.74, 6) is -3.16. The van der Waals surface area contributed by atoms with E-state index in [0.29, 0.717) is 30.3 Å². The molecule has 0 spiro atoms. The van der Waals surface area contributed by atoms with Crippen molar-refractivity contribution in [3.63, 3.8) is 0 Å². The summed E-state index contributed by atoms with van der Waals surface area (Å²) in [6.07, 6.45) is 3.96. The lowest BCUT2D eigenvalue weighted by Gasteiger charge is -2.35. The van der Waals surface area contributed by atoms with Crippen molar-refractivity contribution in [2.75, 3.05) is 31.1 Å². The third-order valence-electron chi connectivity index (χ3n) is 8.01. The van der Waals surface area contributed by atoms with Gasteiger partial charge in [0.05, 0.1) is 5.92 Å². The van der Waals surface area contributed by atoms with Crippen molar-refractivity contribution >= 4 is 36.4 Å². The molecule has 1 amide bonds. The number of primary amides is 1. The third-order valence-corrected chi connectivity index (χ3v) is 8.01. The zero-order valence-corrected chi connectivity index (χ0v) is 24.6. The van der Waals surface area contributed by atoms with Crippen molar-refractivity contribution < 1.29 is 22.7 Å². The standard InChI is InChI=1S/C31H34F3N3O2.2ClH/c1-20-4-7-24(37-12-2-3-23(19-37)31(35)38)15-26(20)22-10-13-36(14-11-22)18-21-5-8-25(9-6-21)39-30-17-28(33)27(32)16-29(30)34;;/h4-9,15-17,22-23H,2-3,10-14,18-19H2,1H3,(H2,35,38);2*1H. The molecule has 41 heavy (non-hydrogen) atoms. The number of anilines is 1. The van der Waals surface area contributed by atoms with Crippen LogP contribution in [0.15, 0.2) is 54.6 Å². The first kappa shape index (κ1) is 32.6. The predicted octanol–water partition coefficient (Wildman–Crippen LogP) is 7.13. The number of benzene rings is 3. The van der Waals surface area contributed by atoms with Gasteiger partial charge in [-0.2, -0.15) is 0 Å². The summed E-state index contributed by atoms with van der Waals surface area (Å²) in [6.45, 7) is 6.54. The summed E-state index contributed by atoms with van der Waals surface area (Å²) in [6, 6.07) is 15.1. The molecule has 0 bridgehead atoms. The molecule has 2 fully saturated rings. The van der Waals surface area contributed by atoms with E-state index in [4.69, 9.17) is 10.5 Å². The van der Waals surface area contributed by atoms with Crippen molar-refractivity contribution in [2.45, 2.75) is 45.1 Å². The molecule has 5 nitrogen and oxygen atoms in total. The molecule has 3 aromatic carbocycles. The van der Waals surface area contributed by atoms with Gasteiger partial charge in [-0.25, -0.2) is 13.2 Å².